The van der Waals surface area contributed by atoms with Crippen LogP contribution in [-0.4, -0.2) is 42.3 Å². The number of nitrogens with zero attached hydrogens (tertiary/aromatic N) is 2. The fourth-order valence-electron chi connectivity index (χ4n) is 3.33. The molecule has 0 bridgehead atoms. The molecule has 2 aliphatic heterocycles. The second kappa shape index (κ2) is 6.76. The van der Waals surface area contributed by atoms with E-state index in [2.05, 4.69) is 4.99 Å². The number of sulfone groups is 1. The molecular weight excluding hydrogens is 356 g/mol. The van der Waals surface area contributed by atoms with Crippen molar-refractivity contribution >= 4 is 38.4 Å². The lowest BCUT2D eigenvalue weighted by molar-refractivity contribution is -0.118. The number of amides is 1. The molecule has 2 saturated heterocycles. The highest BCUT2D eigenvalue weighted by Gasteiger charge is 2.49. The van der Waals surface area contributed by atoms with Crippen LogP contribution in [0.1, 0.15) is 31.4 Å². The molecule has 0 unspecified atom stereocenters. The maximum Gasteiger partial charge on any atom is 0.248 e. The van der Waals surface area contributed by atoms with E-state index in [9.17, 15) is 13.2 Å². The van der Waals surface area contributed by atoms with Gasteiger partial charge in [-0.2, -0.15) is 4.99 Å². The number of thioether (sulfide) groups is 1. The summed E-state index contributed by atoms with van der Waals surface area (Å²) in [7, 11) is -3.04. The van der Waals surface area contributed by atoms with E-state index in [1.807, 2.05) is 50.8 Å². The first-order chi connectivity index (χ1) is 11.7. The molecule has 3 rings (SSSR count). The van der Waals surface area contributed by atoms with E-state index in [1.165, 1.54) is 11.8 Å². The van der Waals surface area contributed by atoms with E-state index in [1.54, 1.807) is 0 Å². The Labute approximate surface area is 153 Å². The first-order valence-electron chi connectivity index (χ1n) is 8.51. The summed E-state index contributed by atoms with van der Waals surface area (Å²) in [6, 6.07) is 5.96. The Morgan fingerprint density at radius 2 is 2.04 bits per heavy atom. The molecule has 0 aromatic heterocycles. The Morgan fingerprint density at radius 3 is 2.72 bits per heavy atom. The number of carbonyl (C=O) groups excluding carboxylic acids is 1. The predicted octanol–water partition coefficient (Wildman–Crippen LogP) is 2.95. The molecule has 25 heavy (non-hydrogen) atoms. The maximum absolute atomic E-state index is 12.2. The van der Waals surface area contributed by atoms with Crippen molar-refractivity contribution in [3.8, 4) is 0 Å². The van der Waals surface area contributed by atoms with Gasteiger partial charge in [-0.3, -0.25) is 4.79 Å². The number of amidine groups is 1. The molecule has 7 heteroatoms. The van der Waals surface area contributed by atoms with Gasteiger partial charge in [-0.15, -0.1) is 0 Å². The predicted molar refractivity (Wildman–Crippen MR) is 104 cm³/mol. The van der Waals surface area contributed by atoms with E-state index in [4.69, 9.17) is 0 Å². The molecule has 2 fully saturated rings. The number of hydrogen-bond acceptors (Lipinski definition) is 4. The molecule has 5 nitrogen and oxygen atoms in total. The summed E-state index contributed by atoms with van der Waals surface area (Å²) in [5.41, 5.74) is 3.11. The first kappa shape index (κ1) is 18.5. The molecule has 1 aromatic carbocycles. The molecule has 0 radical (unpaired) electrons. The zero-order valence-corrected chi connectivity index (χ0v) is 16.7. The molecule has 1 aromatic rings. The van der Waals surface area contributed by atoms with Crippen molar-refractivity contribution in [2.75, 3.05) is 16.4 Å². The van der Waals surface area contributed by atoms with Gasteiger partial charge in [-0.25, -0.2) is 8.42 Å². The quantitative estimate of drug-likeness (QED) is 0.806. The van der Waals surface area contributed by atoms with Crippen LogP contribution in [0.5, 0.6) is 0 Å². The summed E-state index contributed by atoms with van der Waals surface area (Å²) >= 11 is 1.43. The lowest BCUT2D eigenvalue weighted by atomic mass is 10.1. The number of aryl methyl sites for hydroxylation is 2. The maximum atomic E-state index is 12.2. The van der Waals surface area contributed by atoms with Crippen LogP contribution in [0, 0.1) is 19.8 Å². The second-order valence-corrected chi connectivity index (χ2v) is 10.7. The summed E-state index contributed by atoms with van der Waals surface area (Å²) in [6.45, 7) is 7.99. The summed E-state index contributed by atoms with van der Waals surface area (Å²) in [4.78, 5) is 18.6. The average molecular weight is 381 g/mol. The van der Waals surface area contributed by atoms with E-state index in [0.29, 0.717) is 11.6 Å². The van der Waals surface area contributed by atoms with Crippen LogP contribution in [0.2, 0.25) is 0 Å². The van der Waals surface area contributed by atoms with Gasteiger partial charge in [0, 0.05) is 17.4 Å². The minimum absolute atomic E-state index is 0.0597. The molecular formula is C18H24N2O3S2. The third-order valence-electron chi connectivity index (χ3n) is 4.49. The monoisotopic (exact) mass is 380 g/mol. The molecule has 136 valence electrons. The van der Waals surface area contributed by atoms with Crippen LogP contribution in [0.3, 0.4) is 0 Å². The van der Waals surface area contributed by atoms with E-state index >= 15 is 0 Å². The van der Waals surface area contributed by atoms with Crippen molar-refractivity contribution < 1.29 is 13.2 Å². The van der Waals surface area contributed by atoms with Gasteiger partial charge in [0.15, 0.2) is 15.0 Å². The van der Waals surface area contributed by atoms with E-state index in [0.717, 1.165) is 16.8 Å². The summed E-state index contributed by atoms with van der Waals surface area (Å²) in [6.07, 6.45) is 0.401. The second-order valence-electron chi connectivity index (χ2n) is 7.35. The van der Waals surface area contributed by atoms with Crippen LogP contribution in [0.4, 0.5) is 5.69 Å². The molecule has 0 N–H and O–H groups in total. The summed E-state index contributed by atoms with van der Waals surface area (Å²) in [5, 5.41) is 0.583. The number of benzene rings is 1. The highest BCUT2D eigenvalue weighted by Crippen LogP contribution is 2.42. The van der Waals surface area contributed by atoms with Crippen LogP contribution >= 0.6 is 11.8 Å². The lowest BCUT2D eigenvalue weighted by Crippen LogP contribution is -2.38. The Bertz CT molecular complexity index is 831. The Hall–Kier alpha value is -1.34. The molecule has 2 aliphatic rings. The van der Waals surface area contributed by atoms with Gasteiger partial charge in [-0.05, 0) is 37.0 Å². The Morgan fingerprint density at radius 1 is 1.32 bits per heavy atom. The average Bonchev–Trinajstić information content (AvgIpc) is 2.92. The van der Waals surface area contributed by atoms with Crippen molar-refractivity contribution in [1.29, 1.82) is 0 Å². The van der Waals surface area contributed by atoms with Crippen LogP contribution in [0.15, 0.2) is 23.2 Å². The van der Waals surface area contributed by atoms with Gasteiger partial charge in [0.25, 0.3) is 0 Å². The number of carbonyl (C=O) groups is 1. The van der Waals surface area contributed by atoms with Gasteiger partial charge in [0.05, 0.1) is 17.5 Å². The van der Waals surface area contributed by atoms with Gasteiger partial charge in [0.2, 0.25) is 5.91 Å². The van der Waals surface area contributed by atoms with Gasteiger partial charge in [-0.1, -0.05) is 37.7 Å². The minimum atomic E-state index is -3.04. The Kier molecular flexibility index (Phi) is 4.99. The number of fused-ring (bicyclic) bond motifs is 1. The van der Waals surface area contributed by atoms with Crippen molar-refractivity contribution in [3.63, 3.8) is 0 Å². The topological polar surface area (TPSA) is 66.8 Å². The van der Waals surface area contributed by atoms with Gasteiger partial charge < -0.3 is 4.90 Å². The fraction of sp³-hybridized carbons (Fsp3) is 0.556. The lowest BCUT2D eigenvalue weighted by Gasteiger charge is -2.26. The number of rotatable bonds is 3. The van der Waals surface area contributed by atoms with Gasteiger partial charge >= 0.3 is 0 Å². The SMILES string of the molecule is Cc1ccc(C)c(N2C(=NC(=O)CC(C)C)S[C@H]3CS(=O)(=O)C[C@@H]32)c1. The Balaban J connectivity index is 2.02. The largest absolute Gasteiger partial charge is 0.315 e. The number of aliphatic imine (C=N–C) groups is 1. The number of hydrogen-bond donors (Lipinski definition) is 0. The van der Waals surface area contributed by atoms with Crippen LogP contribution in [-0.2, 0) is 14.6 Å². The molecule has 2 heterocycles. The highest BCUT2D eigenvalue weighted by atomic mass is 32.2. The minimum Gasteiger partial charge on any atom is -0.315 e. The van der Waals surface area contributed by atoms with Crippen molar-refractivity contribution in [2.45, 2.75) is 45.4 Å². The zero-order chi connectivity index (χ0) is 18.4. The fourth-order valence-corrected chi connectivity index (χ4v) is 7.25. The van der Waals surface area contributed by atoms with Crippen LogP contribution < -0.4 is 4.90 Å². The summed E-state index contributed by atoms with van der Waals surface area (Å²) < 4.78 is 24.2. The van der Waals surface area contributed by atoms with Crippen molar-refractivity contribution in [2.24, 2.45) is 10.9 Å². The number of anilines is 1. The normalized spacial score (nSPS) is 26.4. The third kappa shape index (κ3) is 3.92. The smallest absolute Gasteiger partial charge is 0.248 e. The van der Waals surface area contributed by atoms with E-state index in [-0.39, 0.29) is 34.6 Å². The van der Waals surface area contributed by atoms with E-state index < -0.39 is 9.84 Å². The van der Waals surface area contributed by atoms with Crippen molar-refractivity contribution in [3.05, 3.63) is 29.3 Å². The van der Waals surface area contributed by atoms with Gasteiger partial charge in [0.1, 0.15) is 0 Å². The van der Waals surface area contributed by atoms with Crippen molar-refractivity contribution in [1.82, 2.24) is 0 Å². The molecule has 1 amide bonds. The third-order valence-corrected chi connectivity index (χ3v) is 7.70. The standard InChI is InChI=1S/C18H24N2O3S2/c1-11(2)7-17(21)19-18-20(14-8-12(3)5-6-13(14)4)15-9-25(22,23)10-16(15)24-18/h5-6,8,11,15-16H,7,9-10H2,1-4H3/t15-,16-/m0/s1. The highest BCUT2D eigenvalue weighted by molar-refractivity contribution is 8.16. The van der Waals surface area contributed by atoms with Crippen LogP contribution in [0.25, 0.3) is 0 Å². The zero-order valence-electron chi connectivity index (χ0n) is 15.0. The summed E-state index contributed by atoms with van der Waals surface area (Å²) in [5.74, 6) is 0.379. The molecule has 2 atom stereocenters. The first-order valence-corrected chi connectivity index (χ1v) is 11.2. The molecule has 0 spiro atoms. The molecule has 0 aliphatic carbocycles. The molecule has 0 saturated carbocycles.